The van der Waals surface area contributed by atoms with Crippen molar-refractivity contribution in [1.29, 1.82) is 0 Å². The molecule has 0 aromatic heterocycles. The maximum absolute atomic E-state index is 4.77. The molecule has 1 aromatic rings. The van der Waals surface area contributed by atoms with Crippen LogP contribution in [-0.4, -0.2) is 14.2 Å². The van der Waals surface area contributed by atoms with E-state index in [0.29, 0.717) is 0 Å². The summed E-state index contributed by atoms with van der Waals surface area (Å²) < 4.78 is 0. The van der Waals surface area contributed by atoms with E-state index in [1.54, 1.807) is 20.4 Å². The van der Waals surface area contributed by atoms with Crippen LogP contribution in [0.1, 0.15) is 5.56 Å². The van der Waals surface area contributed by atoms with Gasteiger partial charge in [0.25, 0.3) is 0 Å². The van der Waals surface area contributed by atoms with E-state index in [9.17, 15) is 0 Å². The zero-order chi connectivity index (χ0) is 10.2. The van der Waals surface area contributed by atoms with E-state index in [4.69, 9.17) is 4.84 Å². The van der Waals surface area contributed by atoms with Crippen molar-refractivity contribution in [3.63, 3.8) is 0 Å². The minimum Gasteiger partial charge on any atom is -0.280 e. The van der Waals surface area contributed by atoms with Gasteiger partial charge in [-0.2, -0.15) is 0 Å². The predicted molar refractivity (Wildman–Crippen MR) is 56.3 cm³/mol. The van der Waals surface area contributed by atoms with Crippen LogP contribution in [0.15, 0.2) is 30.5 Å². The molecule has 0 unspecified atom stereocenters. The topological polar surface area (TPSA) is 42.5 Å². The molecule has 76 valence electrons. The Hall–Kier alpha value is -1.52. The van der Waals surface area contributed by atoms with Gasteiger partial charge in [-0.25, -0.2) is 0 Å². The largest absolute Gasteiger partial charge is 0.280 e. The van der Waals surface area contributed by atoms with Crippen molar-refractivity contribution in [2.24, 2.45) is 0 Å². The van der Waals surface area contributed by atoms with Crippen LogP contribution >= 0.6 is 0 Å². The quantitative estimate of drug-likeness (QED) is 0.701. The minimum atomic E-state index is 0.921. The maximum atomic E-state index is 4.77. The monoisotopic (exact) mass is 194 g/mol. The van der Waals surface area contributed by atoms with Gasteiger partial charge in [-0.1, -0.05) is 12.1 Å². The van der Waals surface area contributed by atoms with Crippen molar-refractivity contribution in [3.8, 4) is 0 Å². The Bertz CT molecular complexity index is 283. The summed E-state index contributed by atoms with van der Waals surface area (Å²) in [5, 5.41) is 0. The average molecular weight is 194 g/mol. The van der Waals surface area contributed by atoms with Gasteiger partial charge in [-0.3, -0.25) is 20.6 Å². The Balaban J connectivity index is 2.54. The first kappa shape index (κ1) is 10.6. The van der Waals surface area contributed by atoms with Crippen molar-refractivity contribution >= 4 is 11.8 Å². The Kier molecular flexibility index (Phi) is 4.54. The van der Waals surface area contributed by atoms with Crippen LogP contribution in [0, 0.1) is 0 Å². The number of hydrogen-bond donors (Lipinski definition) is 2. The van der Waals surface area contributed by atoms with Gasteiger partial charge < -0.3 is 0 Å². The first-order valence-electron chi connectivity index (χ1n) is 4.21. The Morgan fingerprint density at radius 3 is 2.36 bits per heavy atom. The molecule has 0 atom stereocenters. The lowest BCUT2D eigenvalue weighted by molar-refractivity contribution is 0.129. The molecule has 1 aromatic carbocycles. The summed E-state index contributed by atoms with van der Waals surface area (Å²) >= 11 is 0. The molecule has 0 heterocycles. The lowest BCUT2D eigenvalue weighted by atomic mass is 10.2. The normalized spacial score (nSPS) is 10.4. The van der Waals surface area contributed by atoms with Crippen LogP contribution in [0.5, 0.6) is 0 Å². The van der Waals surface area contributed by atoms with E-state index >= 15 is 0 Å². The summed E-state index contributed by atoms with van der Waals surface area (Å²) in [5.41, 5.74) is 7.35. The van der Waals surface area contributed by atoms with E-state index in [1.807, 2.05) is 30.3 Å². The lowest BCUT2D eigenvalue weighted by Crippen LogP contribution is -1.99. The summed E-state index contributed by atoms with van der Waals surface area (Å²) in [5.74, 6) is 0. The molecule has 2 N–H and O–H groups in total. The third-order valence-electron chi connectivity index (χ3n) is 1.59. The van der Waals surface area contributed by atoms with Gasteiger partial charge in [-0.15, -0.1) is 0 Å². The third kappa shape index (κ3) is 3.47. The molecular weight excluding hydrogens is 180 g/mol. The lowest BCUT2D eigenvalue weighted by Gasteiger charge is -2.02. The highest BCUT2D eigenvalue weighted by Gasteiger charge is 1.89. The van der Waals surface area contributed by atoms with E-state index in [0.717, 1.165) is 11.3 Å². The van der Waals surface area contributed by atoms with Gasteiger partial charge in [0.15, 0.2) is 0 Å². The molecule has 0 aliphatic carbocycles. The SMILES string of the molecule is CONC=Cc1ccc(NOC)cc1. The number of hydroxylamine groups is 1. The highest BCUT2D eigenvalue weighted by Crippen LogP contribution is 2.09. The minimum absolute atomic E-state index is 0.921. The molecule has 0 aliphatic heterocycles. The fourth-order valence-corrected chi connectivity index (χ4v) is 0.978. The number of hydrogen-bond acceptors (Lipinski definition) is 4. The first-order chi connectivity index (χ1) is 6.86. The molecular formula is C10H14N2O2. The summed E-state index contributed by atoms with van der Waals surface area (Å²) in [6.45, 7) is 0. The van der Waals surface area contributed by atoms with Crippen LogP contribution in [0.3, 0.4) is 0 Å². The van der Waals surface area contributed by atoms with Crippen molar-refractivity contribution in [3.05, 3.63) is 36.0 Å². The summed E-state index contributed by atoms with van der Waals surface area (Å²) in [7, 11) is 3.15. The number of nitrogens with one attached hydrogen (secondary N) is 2. The van der Waals surface area contributed by atoms with E-state index in [1.165, 1.54) is 0 Å². The highest BCUT2D eigenvalue weighted by molar-refractivity contribution is 5.53. The molecule has 4 heteroatoms. The van der Waals surface area contributed by atoms with E-state index in [2.05, 4.69) is 15.8 Å². The second-order valence-corrected chi connectivity index (χ2v) is 2.58. The van der Waals surface area contributed by atoms with Gasteiger partial charge in [0.1, 0.15) is 0 Å². The number of anilines is 1. The zero-order valence-electron chi connectivity index (χ0n) is 8.28. The molecule has 0 bridgehead atoms. The van der Waals surface area contributed by atoms with Crippen molar-refractivity contribution in [1.82, 2.24) is 5.48 Å². The second kappa shape index (κ2) is 6.01. The molecule has 0 saturated heterocycles. The van der Waals surface area contributed by atoms with Gasteiger partial charge >= 0.3 is 0 Å². The molecule has 0 aliphatic rings. The van der Waals surface area contributed by atoms with Gasteiger partial charge in [0.05, 0.1) is 19.9 Å². The van der Waals surface area contributed by atoms with Crippen LogP contribution in [0.2, 0.25) is 0 Å². The van der Waals surface area contributed by atoms with Crippen molar-refractivity contribution in [2.45, 2.75) is 0 Å². The zero-order valence-corrected chi connectivity index (χ0v) is 8.28. The summed E-state index contributed by atoms with van der Waals surface area (Å²) in [6.07, 6.45) is 3.62. The Labute approximate surface area is 83.4 Å². The van der Waals surface area contributed by atoms with Gasteiger partial charge in [-0.05, 0) is 23.8 Å². The van der Waals surface area contributed by atoms with E-state index in [-0.39, 0.29) is 0 Å². The van der Waals surface area contributed by atoms with Crippen LogP contribution < -0.4 is 11.0 Å². The molecule has 0 fully saturated rings. The average Bonchev–Trinajstić information content (AvgIpc) is 2.21. The Morgan fingerprint density at radius 1 is 1.07 bits per heavy atom. The summed E-state index contributed by atoms with van der Waals surface area (Å²) in [4.78, 5) is 9.42. The van der Waals surface area contributed by atoms with Gasteiger partial charge in [0.2, 0.25) is 0 Å². The molecule has 0 saturated carbocycles. The first-order valence-corrected chi connectivity index (χ1v) is 4.21. The maximum Gasteiger partial charge on any atom is 0.0636 e. The molecule has 0 spiro atoms. The number of benzene rings is 1. The molecule has 0 amide bonds. The van der Waals surface area contributed by atoms with Crippen LogP contribution in [0.25, 0.3) is 6.08 Å². The molecule has 0 radical (unpaired) electrons. The highest BCUT2D eigenvalue weighted by atomic mass is 16.6. The smallest absolute Gasteiger partial charge is 0.0636 e. The molecule has 4 nitrogen and oxygen atoms in total. The summed E-state index contributed by atoms with van der Waals surface area (Å²) in [6, 6.07) is 7.79. The standard InChI is InChI=1S/C10H14N2O2/c1-13-11-8-7-9-3-5-10(6-4-9)12-14-2/h3-8,11-12H,1-2H3. The van der Waals surface area contributed by atoms with Crippen molar-refractivity contribution < 1.29 is 9.68 Å². The fourth-order valence-electron chi connectivity index (χ4n) is 0.978. The molecule has 14 heavy (non-hydrogen) atoms. The third-order valence-corrected chi connectivity index (χ3v) is 1.59. The predicted octanol–water partition coefficient (Wildman–Crippen LogP) is 1.78. The number of rotatable bonds is 5. The second-order valence-electron chi connectivity index (χ2n) is 2.58. The van der Waals surface area contributed by atoms with Crippen molar-refractivity contribution in [2.75, 3.05) is 19.7 Å². The molecule has 1 rings (SSSR count). The van der Waals surface area contributed by atoms with E-state index < -0.39 is 0 Å². The Morgan fingerprint density at radius 2 is 1.79 bits per heavy atom. The van der Waals surface area contributed by atoms with Crippen LogP contribution in [-0.2, 0) is 9.68 Å². The van der Waals surface area contributed by atoms with Gasteiger partial charge in [0, 0.05) is 6.20 Å². The van der Waals surface area contributed by atoms with Crippen LogP contribution in [0.4, 0.5) is 5.69 Å². The fraction of sp³-hybridized carbons (Fsp3) is 0.200.